The van der Waals surface area contributed by atoms with Crippen molar-refractivity contribution >= 4 is 45.6 Å². The molecule has 5 N–H and O–H groups in total. The van der Waals surface area contributed by atoms with Crippen LogP contribution >= 0.6 is 28.6 Å². The first kappa shape index (κ1) is 18.1. The topological polar surface area (TPSA) is 75.9 Å². The predicted octanol–water partition coefficient (Wildman–Crippen LogP) is 5.00. The lowest BCUT2D eigenvalue weighted by Gasteiger charge is -2.08. The van der Waals surface area contributed by atoms with Gasteiger partial charge >= 0.3 is 0 Å². The summed E-state index contributed by atoms with van der Waals surface area (Å²) >= 11 is 7.42. The van der Waals surface area contributed by atoms with Crippen LogP contribution in [-0.4, -0.2) is 5.71 Å². The molecule has 3 rings (SSSR count). The Kier molecular flexibility index (Phi) is 6.46. The summed E-state index contributed by atoms with van der Waals surface area (Å²) in [5, 5.41) is 8.07. The van der Waals surface area contributed by atoms with Crippen LogP contribution in [-0.2, 0) is 0 Å². The molecule has 3 aromatic carbocycles. The van der Waals surface area contributed by atoms with Gasteiger partial charge in [0.15, 0.2) is 0 Å². The molecule has 0 saturated heterocycles. The molecule has 0 bridgehead atoms. The van der Waals surface area contributed by atoms with E-state index in [2.05, 4.69) is 28.6 Å². The molecule has 122 valence electrons. The Morgan fingerprint density at radius 1 is 0.875 bits per heavy atom. The van der Waals surface area contributed by atoms with Crippen molar-refractivity contribution in [3.05, 3.63) is 88.4 Å². The van der Waals surface area contributed by atoms with Crippen molar-refractivity contribution in [3.63, 3.8) is 0 Å². The number of benzene rings is 3. The van der Waals surface area contributed by atoms with Gasteiger partial charge in [-0.3, -0.25) is 5.41 Å². The van der Waals surface area contributed by atoms with Gasteiger partial charge < -0.3 is 11.5 Å². The van der Waals surface area contributed by atoms with E-state index in [1.807, 2.05) is 54.6 Å². The Morgan fingerprint density at radius 3 is 2.08 bits per heavy atom. The zero-order valence-corrected chi connectivity index (χ0v) is 15.4. The van der Waals surface area contributed by atoms with Crippen molar-refractivity contribution in [1.82, 2.24) is 0 Å². The first-order valence-electron chi connectivity index (χ1n) is 7.21. The number of halogens is 1. The maximum absolute atomic E-state index is 8.07. The molecule has 3 aromatic rings. The fourth-order valence-corrected chi connectivity index (χ4v) is 2.41. The zero-order valence-electron chi connectivity index (χ0n) is 12.9. The third-order valence-corrected chi connectivity index (χ3v) is 4.06. The number of anilines is 2. The van der Waals surface area contributed by atoms with E-state index in [1.165, 1.54) is 0 Å². The summed E-state index contributed by atoms with van der Waals surface area (Å²) in [6.07, 6.45) is 0. The molecule has 0 amide bonds. The van der Waals surface area contributed by atoms with Gasteiger partial charge in [-0.25, -0.2) is 0 Å². The summed E-state index contributed by atoms with van der Waals surface area (Å²) in [7, 11) is 0. The van der Waals surface area contributed by atoms with Crippen molar-refractivity contribution in [2.24, 2.45) is 0 Å². The number of nitrogens with one attached hydrogen (secondary N) is 1. The highest BCUT2D eigenvalue weighted by atomic mass is 79.9. The summed E-state index contributed by atoms with van der Waals surface area (Å²) < 4.78 is 1.09. The highest BCUT2D eigenvalue weighted by Gasteiger charge is 2.08. The molecule has 3 nitrogen and oxygen atoms in total. The van der Waals surface area contributed by atoms with E-state index in [4.69, 9.17) is 16.9 Å². The Labute approximate surface area is 155 Å². The van der Waals surface area contributed by atoms with Gasteiger partial charge in [0.1, 0.15) is 0 Å². The Bertz CT molecular complexity index is 797. The Morgan fingerprint density at radius 2 is 1.50 bits per heavy atom. The van der Waals surface area contributed by atoms with Gasteiger partial charge in [-0.2, -0.15) is 0 Å². The minimum absolute atomic E-state index is 0.394. The van der Waals surface area contributed by atoms with Gasteiger partial charge in [-0.15, -0.1) is 12.6 Å². The molecular formula is C19H18BrN3S. The van der Waals surface area contributed by atoms with Crippen LogP contribution in [0.25, 0.3) is 0 Å². The van der Waals surface area contributed by atoms with Crippen molar-refractivity contribution in [1.29, 1.82) is 5.41 Å². The molecule has 24 heavy (non-hydrogen) atoms. The van der Waals surface area contributed by atoms with Gasteiger partial charge in [0.2, 0.25) is 0 Å². The smallest absolute Gasteiger partial charge is 0.0705 e. The maximum Gasteiger partial charge on any atom is 0.0705 e. The van der Waals surface area contributed by atoms with E-state index in [1.54, 1.807) is 18.2 Å². The van der Waals surface area contributed by atoms with E-state index >= 15 is 0 Å². The number of nitrogen functional groups attached to an aromatic ring is 2. The minimum atomic E-state index is 0.394. The zero-order chi connectivity index (χ0) is 17.5. The molecule has 0 radical (unpaired) electrons. The SMILES string of the molecule is N=C(c1ccccc1)c1cc(N)ccc1N.Sc1ccc(Br)cc1. The lowest BCUT2D eigenvalue weighted by molar-refractivity contribution is 1.46. The quantitative estimate of drug-likeness (QED) is 0.277. The number of hydrogen-bond acceptors (Lipinski definition) is 4. The second-order valence-electron chi connectivity index (χ2n) is 5.06. The summed E-state index contributed by atoms with van der Waals surface area (Å²) in [5.74, 6) is 0. The van der Waals surface area contributed by atoms with E-state index in [0.717, 1.165) is 14.9 Å². The Hall–Kier alpha value is -2.24. The average Bonchev–Trinajstić information content (AvgIpc) is 2.60. The number of rotatable bonds is 2. The van der Waals surface area contributed by atoms with Gasteiger partial charge in [-0.05, 0) is 42.5 Å². The summed E-state index contributed by atoms with van der Waals surface area (Å²) in [4.78, 5) is 0.994. The molecule has 0 atom stereocenters. The largest absolute Gasteiger partial charge is 0.399 e. The summed E-state index contributed by atoms with van der Waals surface area (Å²) in [6, 6.07) is 22.4. The molecule has 0 aromatic heterocycles. The monoisotopic (exact) mass is 399 g/mol. The first-order valence-corrected chi connectivity index (χ1v) is 8.45. The third-order valence-electron chi connectivity index (χ3n) is 3.24. The van der Waals surface area contributed by atoms with Crippen molar-refractivity contribution in [3.8, 4) is 0 Å². The number of hydrogen-bond donors (Lipinski definition) is 4. The third kappa shape index (κ3) is 5.15. The highest BCUT2D eigenvalue weighted by Crippen LogP contribution is 2.19. The molecule has 0 fully saturated rings. The summed E-state index contributed by atoms with van der Waals surface area (Å²) in [6.45, 7) is 0. The number of nitrogens with two attached hydrogens (primary N) is 2. The van der Waals surface area contributed by atoms with Gasteiger partial charge in [-0.1, -0.05) is 46.3 Å². The Balaban J connectivity index is 0.000000219. The van der Waals surface area contributed by atoms with Crippen LogP contribution in [0, 0.1) is 5.41 Å². The molecule has 0 saturated carbocycles. The molecule has 0 aliphatic rings. The maximum atomic E-state index is 8.07. The van der Waals surface area contributed by atoms with Crippen LogP contribution in [0.3, 0.4) is 0 Å². The van der Waals surface area contributed by atoms with Crippen LogP contribution < -0.4 is 11.5 Å². The van der Waals surface area contributed by atoms with E-state index < -0.39 is 0 Å². The van der Waals surface area contributed by atoms with Gasteiger partial charge in [0.25, 0.3) is 0 Å². The fourth-order valence-electron chi connectivity index (χ4n) is 1.99. The van der Waals surface area contributed by atoms with E-state index in [0.29, 0.717) is 22.6 Å². The van der Waals surface area contributed by atoms with Crippen LogP contribution in [0.4, 0.5) is 11.4 Å². The first-order chi connectivity index (χ1) is 11.5. The van der Waals surface area contributed by atoms with Crippen LogP contribution in [0.5, 0.6) is 0 Å². The minimum Gasteiger partial charge on any atom is -0.399 e. The van der Waals surface area contributed by atoms with Crippen LogP contribution in [0.2, 0.25) is 0 Å². The molecule has 0 aliphatic heterocycles. The standard InChI is InChI=1S/C13H13N3.C6H5BrS/c14-10-6-7-12(15)11(8-10)13(16)9-4-2-1-3-5-9;7-5-1-3-6(8)4-2-5/h1-8,16H,14-15H2;1-4,8H. The fraction of sp³-hybridized carbons (Fsp3) is 0. The molecule has 5 heteroatoms. The van der Waals surface area contributed by atoms with Crippen molar-refractivity contribution in [2.75, 3.05) is 11.5 Å². The average molecular weight is 400 g/mol. The molecule has 0 unspecified atom stereocenters. The summed E-state index contributed by atoms with van der Waals surface area (Å²) in [5.41, 5.74) is 14.6. The lowest BCUT2D eigenvalue weighted by atomic mass is 10.0. The van der Waals surface area contributed by atoms with Crippen molar-refractivity contribution < 1.29 is 0 Å². The molecule has 0 heterocycles. The highest BCUT2D eigenvalue weighted by molar-refractivity contribution is 9.10. The molecule has 0 aliphatic carbocycles. The van der Waals surface area contributed by atoms with Crippen LogP contribution in [0.15, 0.2) is 82.2 Å². The predicted molar refractivity (Wildman–Crippen MR) is 109 cm³/mol. The molecular weight excluding hydrogens is 382 g/mol. The number of thiol groups is 1. The van der Waals surface area contributed by atoms with E-state index in [-0.39, 0.29) is 0 Å². The lowest BCUT2D eigenvalue weighted by Crippen LogP contribution is -2.06. The molecule has 0 spiro atoms. The van der Waals surface area contributed by atoms with Crippen molar-refractivity contribution in [2.45, 2.75) is 4.90 Å². The second kappa shape index (κ2) is 8.57. The van der Waals surface area contributed by atoms with Gasteiger partial charge in [0.05, 0.1) is 5.71 Å². The second-order valence-corrected chi connectivity index (χ2v) is 6.50. The van der Waals surface area contributed by atoms with Gasteiger partial charge in [0, 0.05) is 31.9 Å². The van der Waals surface area contributed by atoms with Crippen LogP contribution in [0.1, 0.15) is 11.1 Å². The van der Waals surface area contributed by atoms with E-state index in [9.17, 15) is 0 Å². The normalized spacial score (nSPS) is 9.75.